The minimum atomic E-state index is -4.81. The molecule has 0 atom stereocenters. The van der Waals surface area contributed by atoms with Crippen LogP contribution < -0.4 is 5.73 Å². The van der Waals surface area contributed by atoms with E-state index >= 15 is 0 Å². The number of rotatable bonds is 3. The molecule has 0 amide bonds. The molecule has 7 nitrogen and oxygen atoms in total. The van der Waals surface area contributed by atoms with E-state index in [-0.39, 0.29) is 11.5 Å². The summed E-state index contributed by atoms with van der Waals surface area (Å²) in [6.07, 6.45) is -2.67. The second-order valence-electron chi connectivity index (χ2n) is 6.11. The number of nitrogens with zero attached hydrogens (tertiary/aromatic N) is 5. The van der Waals surface area contributed by atoms with Crippen molar-refractivity contribution in [2.24, 2.45) is 5.73 Å². The first-order chi connectivity index (χ1) is 12.3. The standard InChI is InChI=1S/C15H12F4N6O/c16-8-2-4-9(5-3-8)25-11(15(17,18)19)10(22-24-25)12-21-13(23-26-12)14(20)6-1-7-14/h2-5H,1,6-7,20H2. The summed E-state index contributed by atoms with van der Waals surface area (Å²) in [5, 5.41) is 10.8. The zero-order chi connectivity index (χ0) is 18.5. The number of hydrogen-bond donors (Lipinski definition) is 1. The average Bonchev–Trinajstić information content (AvgIpc) is 3.19. The van der Waals surface area contributed by atoms with Gasteiger partial charge in [0.05, 0.1) is 11.2 Å². The molecule has 0 aliphatic heterocycles. The number of hydrogen-bond acceptors (Lipinski definition) is 6. The zero-order valence-electron chi connectivity index (χ0n) is 13.2. The predicted octanol–water partition coefficient (Wildman–Crippen LogP) is 2.81. The number of alkyl halides is 3. The van der Waals surface area contributed by atoms with Crippen LogP contribution >= 0.6 is 0 Å². The van der Waals surface area contributed by atoms with E-state index in [1.54, 1.807) is 0 Å². The molecule has 136 valence electrons. The molecule has 1 fully saturated rings. The van der Waals surface area contributed by atoms with Crippen LogP contribution in [0.1, 0.15) is 30.8 Å². The van der Waals surface area contributed by atoms with E-state index in [1.807, 2.05) is 0 Å². The van der Waals surface area contributed by atoms with Gasteiger partial charge in [-0.3, -0.25) is 0 Å². The molecule has 4 rings (SSSR count). The molecule has 0 bridgehead atoms. The lowest BCUT2D eigenvalue weighted by atomic mass is 9.77. The Hall–Kier alpha value is -2.82. The van der Waals surface area contributed by atoms with Crippen molar-refractivity contribution in [3.63, 3.8) is 0 Å². The maximum absolute atomic E-state index is 13.6. The Labute approximate surface area is 143 Å². The molecule has 1 saturated carbocycles. The molecule has 1 aromatic carbocycles. The molecule has 2 heterocycles. The third kappa shape index (κ3) is 2.64. The first-order valence-electron chi connectivity index (χ1n) is 7.70. The monoisotopic (exact) mass is 368 g/mol. The van der Waals surface area contributed by atoms with Gasteiger partial charge in [0, 0.05) is 0 Å². The Kier molecular flexibility index (Phi) is 3.58. The molecular weight excluding hydrogens is 356 g/mol. The van der Waals surface area contributed by atoms with Crippen molar-refractivity contribution >= 4 is 0 Å². The first-order valence-corrected chi connectivity index (χ1v) is 7.70. The maximum Gasteiger partial charge on any atom is 0.435 e. The summed E-state index contributed by atoms with van der Waals surface area (Å²) >= 11 is 0. The summed E-state index contributed by atoms with van der Waals surface area (Å²) in [5.41, 5.74) is 3.47. The summed E-state index contributed by atoms with van der Waals surface area (Å²) in [7, 11) is 0. The van der Waals surface area contributed by atoms with E-state index in [0.717, 1.165) is 30.7 Å². The van der Waals surface area contributed by atoms with E-state index in [0.29, 0.717) is 17.5 Å². The average molecular weight is 368 g/mol. The van der Waals surface area contributed by atoms with Crippen molar-refractivity contribution < 1.29 is 22.1 Å². The van der Waals surface area contributed by atoms with Crippen molar-refractivity contribution in [3.8, 4) is 17.3 Å². The van der Waals surface area contributed by atoms with Gasteiger partial charge in [0.15, 0.2) is 17.2 Å². The van der Waals surface area contributed by atoms with Gasteiger partial charge in [-0.25, -0.2) is 9.07 Å². The predicted molar refractivity (Wildman–Crippen MR) is 79.3 cm³/mol. The lowest BCUT2D eigenvalue weighted by Gasteiger charge is -2.34. The number of nitrogens with two attached hydrogens (primary N) is 1. The van der Waals surface area contributed by atoms with E-state index in [1.165, 1.54) is 0 Å². The van der Waals surface area contributed by atoms with Gasteiger partial charge in [0.2, 0.25) is 0 Å². The Morgan fingerprint density at radius 2 is 1.85 bits per heavy atom. The molecule has 0 radical (unpaired) electrons. The first kappa shape index (κ1) is 16.6. The van der Waals surface area contributed by atoms with Gasteiger partial charge >= 0.3 is 6.18 Å². The van der Waals surface area contributed by atoms with Gasteiger partial charge < -0.3 is 10.3 Å². The van der Waals surface area contributed by atoms with Crippen LogP contribution in [0, 0.1) is 5.82 Å². The van der Waals surface area contributed by atoms with Crippen LogP contribution in [0.25, 0.3) is 17.3 Å². The Morgan fingerprint density at radius 3 is 2.42 bits per heavy atom. The highest BCUT2D eigenvalue weighted by Crippen LogP contribution is 2.40. The van der Waals surface area contributed by atoms with Gasteiger partial charge in [-0.15, -0.1) is 5.10 Å². The van der Waals surface area contributed by atoms with Crippen molar-refractivity contribution in [3.05, 3.63) is 41.6 Å². The van der Waals surface area contributed by atoms with E-state index in [2.05, 4.69) is 20.5 Å². The second kappa shape index (κ2) is 5.59. The summed E-state index contributed by atoms with van der Waals surface area (Å²) in [5.74, 6) is -0.862. The minimum Gasteiger partial charge on any atom is -0.332 e. The largest absolute Gasteiger partial charge is 0.435 e. The summed E-state index contributed by atoms with van der Waals surface area (Å²) in [4.78, 5) is 3.99. The molecule has 0 spiro atoms. The smallest absolute Gasteiger partial charge is 0.332 e. The fraction of sp³-hybridized carbons (Fsp3) is 0.333. The summed E-state index contributed by atoms with van der Waals surface area (Å²) in [6.45, 7) is 0. The van der Waals surface area contributed by atoms with Gasteiger partial charge in [-0.05, 0) is 43.5 Å². The molecule has 1 aliphatic carbocycles. The Bertz CT molecular complexity index is 942. The Balaban J connectivity index is 1.81. The SMILES string of the molecule is NC1(c2noc(-c3nnn(-c4ccc(F)cc4)c3C(F)(F)F)n2)CCC1. The van der Waals surface area contributed by atoms with E-state index in [9.17, 15) is 17.6 Å². The quantitative estimate of drug-likeness (QED) is 0.714. The van der Waals surface area contributed by atoms with Gasteiger partial charge in [-0.2, -0.15) is 18.2 Å². The second-order valence-corrected chi connectivity index (χ2v) is 6.11. The third-order valence-electron chi connectivity index (χ3n) is 4.33. The highest BCUT2D eigenvalue weighted by Gasteiger charge is 2.43. The molecular formula is C15H12F4N6O. The van der Waals surface area contributed by atoms with Crippen LogP contribution in [0.4, 0.5) is 17.6 Å². The van der Waals surface area contributed by atoms with E-state index < -0.39 is 34.8 Å². The van der Waals surface area contributed by atoms with Crippen LogP contribution in [-0.2, 0) is 11.7 Å². The van der Waals surface area contributed by atoms with E-state index in [4.69, 9.17) is 10.3 Å². The fourth-order valence-electron chi connectivity index (χ4n) is 2.75. The molecule has 0 saturated heterocycles. The molecule has 1 aliphatic rings. The lowest BCUT2D eigenvalue weighted by molar-refractivity contribution is -0.142. The van der Waals surface area contributed by atoms with Gasteiger partial charge in [0.1, 0.15) is 5.82 Å². The minimum absolute atomic E-state index is 0.00787. The van der Waals surface area contributed by atoms with Crippen molar-refractivity contribution in [1.29, 1.82) is 0 Å². The topological polar surface area (TPSA) is 95.6 Å². The number of aromatic nitrogens is 5. The normalized spacial score (nSPS) is 16.5. The van der Waals surface area contributed by atoms with Crippen LogP contribution in [0.5, 0.6) is 0 Å². The molecule has 0 unspecified atom stereocenters. The van der Waals surface area contributed by atoms with Crippen LogP contribution in [0.3, 0.4) is 0 Å². The number of benzene rings is 1. The van der Waals surface area contributed by atoms with Crippen LogP contribution in [-0.4, -0.2) is 25.1 Å². The zero-order valence-corrected chi connectivity index (χ0v) is 13.2. The van der Waals surface area contributed by atoms with Crippen molar-refractivity contribution in [1.82, 2.24) is 25.1 Å². The third-order valence-corrected chi connectivity index (χ3v) is 4.33. The molecule has 2 N–H and O–H groups in total. The molecule has 11 heteroatoms. The van der Waals surface area contributed by atoms with Crippen LogP contribution in [0.2, 0.25) is 0 Å². The highest BCUT2D eigenvalue weighted by atomic mass is 19.4. The molecule has 26 heavy (non-hydrogen) atoms. The van der Waals surface area contributed by atoms with Crippen molar-refractivity contribution in [2.75, 3.05) is 0 Å². The molecule has 2 aromatic heterocycles. The highest BCUT2D eigenvalue weighted by molar-refractivity contribution is 5.53. The summed E-state index contributed by atoms with van der Waals surface area (Å²) < 4.78 is 59.4. The van der Waals surface area contributed by atoms with Gasteiger partial charge in [-0.1, -0.05) is 10.4 Å². The number of halogens is 4. The van der Waals surface area contributed by atoms with Crippen molar-refractivity contribution in [2.45, 2.75) is 31.0 Å². The summed E-state index contributed by atoms with van der Waals surface area (Å²) in [6, 6.07) is 4.36. The maximum atomic E-state index is 13.6. The van der Waals surface area contributed by atoms with Gasteiger partial charge in [0.25, 0.3) is 5.89 Å². The Morgan fingerprint density at radius 1 is 1.15 bits per heavy atom. The lowest BCUT2D eigenvalue weighted by Crippen LogP contribution is -2.44. The van der Waals surface area contributed by atoms with Crippen LogP contribution in [0.15, 0.2) is 28.8 Å². The fourth-order valence-corrected chi connectivity index (χ4v) is 2.75. The molecule has 3 aromatic rings.